The molecule has 9 heteroatoms. The lowest BCUT2D eigenvalue weighted by molar-refractivity contribution is 0.0702. The van der Waals surface area contributed by atoms with Crippen molar-refractivity contribution >= 4 is 48.9 Å². The fourth-order valence-corrected chi connectivity index (χ4v) is 4.99. The number of hydrogen-bond acceptors (Lipinski definition) is 5. The second-order valence-corrected chi connectivity index (χ2v) is 8.04. The number of anilines is 1. The number of thiophene rings is 1. The summed E-state index contributed by atoms with van der Waals surface area (Å²) in [6, 6.07) is 7.30. The SMILES string of the molecule is O=C(O)c1cc(S(=O)(=O)Nc2ccc(CO)cc2)c(Br)s1. The van der Waals surface area contributed by atoms with Crippen LogP contribution in [0.1, 0.15) is 15.2 Å². The number of halogens is 1. The third-order valence-corrected chi connectivity index (χ3v) is 6.17. The van der Waals surface area contributed by atoms with Crippen LogP contribution in [0.5, 0.6) is 0 Å². The molecule has 1 aromatic carbocycles. The van der Waals surface area contributed by atoms with E-state index in [9.17, 15) is 13.2 Å². The number of carbonyl (C=O) groups is 1. The maximum absolute atomic E-state index is 12.2. The van der Waals surface area contributed by atoms with Gasteiger partial charge in [-0.1, -0.05) is 12.1 Å². The Morgan fingerprint density at radius 1 is 1.29 bits per heavy atom. The normalized spacial score (nSPS) is 11.3. The van der Waals surface area contributed by atoms with Crippen molar-refractivity contribution in [3.05, 3.63) is 44.6 Å². The third kappa shape index (κ3) is 3.62. The minimum absolute atomic E-state index is 0.0714. The average Bonchev–Trinajstić information content (AvgIpc) is 2.82. The van der Waals surface area contributed by atoms with Gasteiger partial charge in [0.2, 0.25) is 0 Å². The Morgan fingerprint density at radius 3 is 2.38 bits per heavy atom. The molecule has 2 rings (SSSR count). The zero-order valence-corrected chi connectivity index (χ0v) is 13.6. The van der Waals surface area contributed by atoms with Crippen LogP contribution in [0.4, 0.5) is 5.69 Å². The highest BCUT2D eigenvalue weighted by atomic mass is 79.9. The summed E-state index contributed by atoms with van der Waals surface area (Å²) in [7, 11) is -3.89. The Kier molecular flexibility index (Phi) is 4.67. The molecule has 1 aromatic heterocycles. The van der Waals surface area contributed by atoms with E-state index in [4.69, 9.17) is 10.2 Å². The molecule has 0 aliphatic carbocycles. The molecule has 2 aromatic rings. The van der Waals surface area contributed by atoms with Crippen LogP contribution in [0.3, 0.4) is 0 Å². The van der Waals surface area contributed by atoms with Crippen LogP contribution in [0.2, 0.25) is 0 Å². The largest absolute Gasteiger partial charge is 0.477 e. The van der Waals surface area contributed by atoms with Crippen molar-refractivity contribution in [2.75, 3.05) is 4.72 Å². The van der Waals surface area contributed by atoms with Crippen LogP contribution in [-0.4, -0.2) is 24.6 Å². The molecule has 0 aliphatic rings. The van der Waals surface area contributed by atoms with Gasteiger partial charge in [0.1, 0.15) is 9.77 Å². The molecular formula is C12H10BrNO5S2. The number of aliphatic hydroxyl groups is 1. The second kappa shape index (κ2) is 6.14. The predicted octanol–water partition coefficient (Wildman–Crippen LogP) is 2.50. The second-order valence-electron chi connectivity index (χ2n) is 4.01. The van der Waals surface area contributed by atoms with Crippen LogP contribution in [0.25, 0.3) is 0 Å². The lowest BCUT2D eigenvalue weighted by Gasteiger charge is -2.07. The molecule has 0 radical (unpaired) electrons. The monoisotopic (exact) mass is 391 g/mol. The molecule has 0 saturated carbocycles. The van der Waals surface area contributed by atoms with Crippen molar-refractivity contribution in [3.8, 4) is 0 Å². The molecule has 1 heterocycles. The van der Waals surface area contributed by atoms with Gasteiger partial charge in [-0.3, -0.25) is 4.72 Å². The molecule has 112 valence electrons. The molecule has 0 bridgehead atoms. The summed E-state index contributed by atoms with van der Waals surface area (Å²) in [5, 5.41) is 17.8. The van der Waals surface area contributed by atoms with E-state index in [1.807, 2.05) is 0 Å². The van der Waals surface area contributed by atoms with E-state index in [-0.39, 0.29) is 20.2 Å². The molecule has 21 heavy (non-hydrogen) atoms. The summed E-state index contributed by atoms with van der Waals surface area (Å²) in [6.45, 7) is -0.134. The molecule has 6 nitrogen and oxygen atoms in total. The topological polar surface area (TPSA) is 104 Å². The first-order valence-corrected chi connectivity index (χ1v) is 8.68. The highest BCUT2D eigenvalue weighted by Gasteiger charge is 2.23. The maximum atomic E-state index is 12.2. The third-order valence-electron chi connectivity index (χ3n) is 2.54. The number of aliphatic hydroxyl groups excluding tert-OH is 1. The first-order valence-electron chi connectivity index (χ1n) is 5.59. The first-order chi connectivity index (χ1) is 9.83. The van der Waals surface area contributed by atoms with Crippen LogP contribution in [-0.2, 0) is 16.6 Å². The Bertz CT molecular complexity index is 767. The van der Waals surface area contributed by atoms with Gasteiger partial charge in [0, 0.05) is 5.69 Å². The van der Waals surface area contributed by atoms with E-state index in [0.717, 1.165) is 17.4 Å². The maximum Gasteiger partial charge on any atom is 0.345 e. The molecule has 0 unspecified atom stereocenters. The Labute approximate surface area is 133 Å². The molecule has 0 aliphatic heterocycles. The minimum Gasteiger partial charge on any atom is -0.477 e. The number of benzene rings is 1. The van der Waals surface area contributed by atoms with Crippen molar-refractivity contribution in [1.82, 2.24) is 0 Å². The molecule has 0 atom stereocenters. The number of rotatable bonds is 5. The number of nitrogens with one attached hydrogen (secondary N) is 1. The number of hydrogen-bond donors (Lipinski definition) is 3. The summed E-state index contributed by atoms with van der Waals surface area (Å²) in [4.78, 5) is 10.7. The quantitative estimate of drug-likeness (QED) is 0.726. The van der Waals surface area contributed by atoms with Crippen molar-refractivity contribution in [2.24, 2.45) is 0 Å². The summed E-state index contributed by atoms with van der Waals surface area (Å²) in [5.74, 6) is -1.19. The molecular weight excluding hydrogens is 382 g/mol. The van der Waals surface area contributed by atoms with Crippen LogP contribution in [0.15, 0.2) is 39.0 Å². The smallest absolute Gasteiger partial charge is 0.345 e. The lowest BCUT2D eigenvalue weighted by atomic mass is 10.2. The predicted molar refractivity (Wildman–Crippen MR) is 82.2 cm³/mol. The molecule has 0 fully saturated rings. The van der Waals surface area contributed by atoms with Gasteiger partial charge in [-0.25, -0.2) is 13.2 Å². The fourth-order valence-electron chi connectivity index (χ4n) is 1.53. The Balaban J connectivity index is 2.31. The average molecular weight is 392 g/mol. The molecule has 3 N–H and O–H groups in total. The standard InChI is InChI=1S/C12H10BrNO5S2/c13-11-10(5-9(20-11)12(16)17)21(18,19)14-8-3-1-7(6-15)2-4-8/h1-5,14-15H,6H2,(H,16,17). The number of carboxylic acids is 1. The van der Waals surface area contributed by atoms with Crippen LogP contribution >= 0.6 is 27.3 Å². The van der Waals surface area contributed by atoms with Gasteiger partial charge in [0.05, 0.1) is 10.4 Å². The van der Waals surface area contributed by atoms with Gasteiger partial charge in [-0.05, 0) is 39.7 Å². The number of aromatic carboxylic acids is 1. The highest BCUT2D eigenvalue weighted by molar-refractivity contribution is 9.11. The van der Waals surface area contributed by atoms with Crippen molar-refractivity contribution in [2.45, 2.75) is 11.5 Å². The molecule has 0 amide bonds. The van der Waals surface area contributed by atoms with Gasteiger partial charge in [0.25, 0.3) is 10.0 Å². The van der Waals surface area contributed by atoms with Crippen molar-refractivity contribution < 1.29 is 23.4 Å². The van der Waals surface area contributed by atoms with Crippen molar-refractivity contribution in [1.29, 1.82) is 0 Å². The number of sulfonamides is 1. The fraction of sp³-hybridized carbons (Fsp3) is 0.0833. The zero-order valence-electron chi connectivity index (χ0n) is 10.4. The van der Waals surface area contributed by atoms with E-state index >= 15 is 0 Å². The molecule has 0 saturated heterocycles. The lowest BCUT2D eigenvalue weighted by Crippen LogP contribution is -2.12. The summed E-state index contributed by atoms with van der Waals surface area (Å²) in [6.07, 6.45) is 0. The van der Waals surface area contributed by atoms with E-state index in [0.29, 0.717) is 11.3 Å². The number of carboxylic acid groups (broad SMARTS) is 1. The van der Waals surface area contributed by atoms with E-state index < -0.39 is 16.0 Å². The zero-order chi connectivity index (χ0) is 15.6. The minimum atomic E-state index is -3.89. The van der Waals surface area contributed by atoms with Gasteiger partial charge >= 0.3 is 5.97 Å². The van der Waals surface area contributed by atoms with Gasteiger partial charge in [-0.15, -0.1) is 11.3 Å². The van der Waals surface area contributed by atoms with E-state index in [1.165, 1.54) is 12.1 Å². The summed E-state index contributed by atoms with van der Waals surface area (Å²) in [5.41, 5.74) is 0.977. The van der Waals surface area contributed by atoms with Gasteiger partial charge in [-0.2, -0.15) is 0 Å². The summed E-state index contributed by atoms with van der Waals surface area (Å²) >= 11 is 3.89. The van der Waals surface area contributed by atoms with Gasteiger partial charge in [0.15, 0.2) is 0 Å². The van der Waals surface area contributed by atoms with Crippen LogP contribution < -0.4 is 4.72 Å². The first kappa shape index (κ1) is 16.0. The van der Waals surface area contributed by atoms with Crippen LogP contribution in [0, 0.1) is 0 Å². The van der Waals surface area contributed by atoms with E-state index in [2.05, 4.69) is 20.7 Å². The summed E-state index contributed by atoms with van der Waals surface area (Å²) < 4.78 is 27.0. The Morgan fingerprint density at radius 2 is 1.90 bits per heavy atom. The van der Waals surface area contributed by atoms with Crippen molar-refractivity contribution in [3.63, 3.8) is 0 Å². The molecule has 0 spiro atoms. The van der Waals surface area contributed by atoms with E-state index in [1.54, 1.807) is 12.1 Å². The van der Waals surface area contributed by atoms with Gasteiger partial charge < -0.3 is 10.2 Å². The Hall–Kier alpha value is -1.42. The highest BCUT2D eigenvalue weighted by Crippen LogP contribution is 2.32.